The summed E-state index contributed by atoms with van der Waals surface area (Å²) in [6, 6.07) is 13.2. The fourth-order valence-corrected chi connectivity index (χ4v) is 6.62. The van der Waals surface area contributed by atoms with Crippen LogP contribution < -0.4 is 15.4 Å². The van der Waals surface area contributed by atoms with Crippen LogP contribution in [-0.4, -0.2) is 38.9 Å². The highest BCUT2D eigenvalue weighted by molar-refractivity contribution is 7.89. The summed E-state index contributed by atoms with van der Waals surface area (Å²) in [6.45, 7) is 7.77. The molecule has 7 nitrogen and oxygen atoms in total. The van der Waals surface area contributed by atoms with E-state index in [4.69, 9.17) is 11.6 Å². The molecule has 1 unspecified atom stereocenters. The first-order valence-corrected chi connectivity index (χ1v) is 14.5. The molecule has 194 valence electrons. The third kappa shape index (κ3) is 7.52. The first-order valence-electron chi connectivity index (χ1n) is 11.8. The highest BCUT2D eigenvalue weighted by Crippen LogP contribution is 2.25. The number of carbonyl (C=O) groups is 2. The van der Waals surface area contributed by atoms with E-state index in [9.17, 15) is 18.0 Å². The Morgan fingerprint density at radius 2 is 1.78 bits per heavy atom. The minimum absolute atomic E-state index is 0.0200. The summed E-state index contributed by atoms with van der Waals surface area (Å²) in [6.07, 6.45) is 0.851. The molecule has 0 spiro atoms. The molecule has 3 aromatic rings. The molecule has 0 aliphatic carbocycles. The zero-order valence-electron chi connectivity index (χ0n) is 20.8. The molecule has 0 aliphatic heterocycles. The molecule has 1 aromatic heterocycles. The molecule has 0 bridgehead atoms. The summed E-state index contributed by atoms with van der Waals surface area (Å²) in [5, 5.41) is 6.85. The molecule has 0 aliphatic rings. The van der Waals surface area contributed by atoms with Crippen LogP contribution >= 0.6 is 22.9 Å². The van der Waals surface area contributed by atoms with Crippen molar-refractivity contribution in [3.05, 3.63) is 64.0 Å². The minimum atomic E-state index is -3.80. The van der Waals surface area contributed by atoms with Crippen LogP contribution in [0.2, 0.25) is 5.02 Å². The van der Waals surface area contributed by atoms with Crippen LogP contribution in [0.1, 0.15) is 48.8 Å². The van der Waals surface area contributed by atoms with Gasteiger partial charge in [0, 0.05) is 17.3 Å². The minimum Gasteiger partial charge on any atom is -0.354 e. The summed E-state index contributed by atoms with van der Waals surface area (Å²) in [5.41, 5.74) is 0.866. The van der Waals surface area contributed by atoms with Gasteiger partial charge in [-0.25, -0.2) is 13.1 Å². The quantitative estimate of drug-likeness (QED) is 0.317. The second-order valence-electron chi connectivity index (χ2n) is 9.34. The molecule has 10 heteroatoms. The maximum Gasteiger partial charge on any atom is 0.262 e. The fourth-order valence-electron chi connectivity index (χ4n) is 3.77. The highest BCUT2D eigenvalue weighted by Gasteiger charge is 2.24. The van der Waals surface area contributed by atoms with E-state index in [0.717, 1.165) is 15.6 Å². The topological polar surface area (TPSA) is 104 Å². The average Bonchev–Trinajstić information content (AvgIpc) is 3.22. The number of amides is 2. The second-order valence-corrected chi connectivity index (χ2v) is 12.5. The van der Waals surface area contributed by atoms with Gasteiger partial charge in [-0.3, -0.25) is 9.59 Å². The molecule has 0 radical (unpaired) electrons. The zero-order valence-corrected chi connectivity index (χ0v) is 23.2. The third-order valence-corrected chi connectivity index (χ3v) is 8.78. The van der Waals surface area contributed by atoms with Gasteiger partial charge in [-0.1, -0.05) is 49.7 Å². The van der Waals surface area contributed by atoms with Gasteiger partial charge in [0.25, 0.3) is 5.91 Å². The van der Waals surface area contributed by atoms with E-state index >= 15 is 0 Å². The lowest BCUT2D eigenvalue weighted by Crippen LogP contribution is -2.48. The largest absolute Gasteiger partial charge is 0.354 e. The Kier molecular flexibility index (Phi) is 9.52. The van der Waals surface area contributed by atoms with Gasteiger partial charge in [0.1, 0.15) is 10.9 Å². The van der Waals surface area contributed by atoms with Crippen molar-refractivity contribution in [1.29, 1.82) is 0 Å². The SMILES string of the molecule is Cc1ccc(S(=O)(=O)NC(C)CCNC(=O)[C@H](CC(C)C)NC(=O)c2cc3ccccc3s2)c(Cl)c1. The Morgan fingerprint density at radius 3 is 2.44 bits per heavy atom. The highest BCUT2D eigenvalue weighted by atomic mass is 35.5. The Bertz CT molecular complexity index is 1300. The number of nitrogens with one attached hydrogen (secondary N) is 3. The van der Waals surface area contributed by atoms with Crippen molar-refractivity contribution in [1.82, 2.24) is 15.4 Å². The van der Waals surface area contributed by atoms with E-state index in [1.807, 2.05) is 51.1 Å². The van der Waals surface area contributed by atoms with Crippen molar-refractivity contribution in [3.8, 4) is 0 Å². The predicted molar refractivity (Wildman–Crippen MR) is 146 cm³/mol. The van der Waals surface area contributed by atoms with Crippen LogP contribution in [-0.2, 0) is 14.8 Å². The molecule has 0 saturated heterocycles. The number of benzene rings is 2. The van der Waals surface area contributed by atoms with E-state index in [-0.39, 0.29) is 34.2 Å². The summed E-state index contributed by atoms with van der Waals surface area (Å²) >= 11 is 7.51. The first-order chi connectivity index (χ1) is 17.0. The summed E-state index contributed by atoms with van der Waals surface area (Å²) in [4.78, 5) is 26.3. The fraction of sp³-hybridized carbons (Fsp3) is 0.385. The molecule has 2 atom stereocenters. The zero-order chi connectivity index (χ0) is 26.5. The van der Waals surface area contributed by atoms with Crippen molar-refractivity contribution < 1.29 is 18.0 Å². The third-order valence-electron chi connectivity index (χ3n) is 5.59. The lowest BCUT2D eigenvalue weighted by atomic mass is 10.0. The number of halogens is 1. The van der Waals surface area contributed by atoms with Crippen molar-refractivity contribution in [2.75, 3.05) is 6.54 Å². The number of sulfonamides is 1. The van der Waals surface area contributed by atoms with Crippen molar-refractivity contribution in [2.45, 2.75) is 57.5 Å². The molecule has 0 fully saturated rings. The molecule has 3 N–H and O–H groups in total. The van der Waals surface area contributed by atoms with E-state index < -0.39 is 22.1 Å². The van der Waals surface area contributed by atoms with Crippen LogP contribution in [0.3, 0.4) is 0 Å². The van der Waals surface area contributed by atoms with Gasteiger partial charge in [0.05, 0.1) is 9.90 Å². The second kappa shape index (κ2) is 12.2. The van der Waals surface area contributed by atoms with Crippen LogP contribution in [0.15, 0.2) is 53.4 Å². The number of thiophene rings is 1. The van der Waals surface area contributed by atoms with Gasteiger partial charge in [0.2, 0.25) is 15.9 Å². The summed E-state index contributed by atoms with van der Waals surface area (Å²) < 4.78 is 29.0. The van der Waals surface area contributed by atoms with E-state index in [1.54, 1.807) is 19.1 Å². The molecule has 0 saturated carbocycles. The number of carbonyl (C=O) groups excluding carboxylic acids is 2. The van der Waals surface area contributed by atoms with E-state index in [2.05, 4.69) is 15.4 Å². The Hall–Kier alpha value is -2.46. The van der Waals surface area contributed by atoms with Crippen molar-refractivity contribution in [3.63, 3.8) is 0 Å². The summed E-state index contributed by atoms with van der Waals surface area (Å²) in [5.74, 6) is -0.392. The standard InChI is InChI=1S/C26H32ClN3O4S2/c1-16(2)13-21(29-26(32)23-15-19-7-5-6-8-22(19)35-23)25(31)28-12-11-18(4)30-36(33,34)24-10-9-17(3)14-20(24)27/h5-10,14-16,18,21,30H,11-13H2,1-4H3,(H,28,31)(H,29,32)/t18?,21-/m0/s1. The Morgan fingerprint density at radius 1 is 1.06 bits per heavy atom. The molecule has 3 rings (SSSR count). The molecular formula is C26H32ClN3O4S2. The lowest BCUT2D eigenvalue weighted by molar-refractivity contribution is -0.123. The van der Waals surface area contributed by atoms with E-state index in [0.29, 0.717) is 17.7 Å². The molecule has 1 heterocycles. The Balaban J connectivity index is 1.56. The van der Waals surface area contributed by atoms with Gasteiger partial charge in [-0.05, 0) is 67.8 Å². The number of rotatable bonds is 11. The van der Waals surface area contributed by atoms with Crippen molar-refractivity contribution in [2.24, 2.45) is 5.92 Å². The number of hydrogen-bond donors (Lipinski definition) is 3. The molecule has 36 heavy (non-hydrogen) atoms. The molecule has 2 aromatic carbocycles. The lowest BCUT2D eigenvalue weighted by Gasteiger charge is -2.21. The van der Waals surface area contributed by atoms with Crippen LogP contribution in [0, 0.1) is 12.8 Å². The van der Waals surface area contributed by atoms with Crippen LogP contribution in [0.5, 0.6) is 0 Å². The smallest absolute Gasteiger partial charge is 0.262 e. The Labute approximate surface area is 221 Å². The average molecular weight is 550 g/mol. The normalized spacial score (nSPS) is 13.5. The van der Waals surface area contributed by atoms with Gasteiger partial charge >= 0.3 is 0 Å². The maximum atomic E-state index is 12.9. The maximum absolute atomic E-state index is 12.9. The van der Waals surface area contributed by atoms with Gasteiger partial charge in [0.15, 0.2) is 0 Å². The number of hydrogen-bond acceptors (Lipinski definition) is 5. The van der Waals surface area contributed by atoms with Crippen LogP contribution in [0.4, 0.5) is 0 Å². The predicted octanol–water partition coefficient (Wildman–Crippen LogP) is 4.88. The van der Waals surface area contributed by atoms with Gasteiger partial charge in [-0.2, -0.15) is 0 Å². The van der Waals surface area contributed by atoms with Crippen LogP contribution in [0.25, 0.3) is 10.1 Å². The van der Waals surface area contributed by atoms with Crippen molar-refractivity contribution >= 4 is 54.9 Å². The number of fused-ring (bicyclic) bond motifs is 1. The molecular weight excluding hydrogens is 518 g/mol. The molecule has 2 amide bonds. The van der Waals surface area contributed by atoms with E-state index in [1.165, 1.54) is 17.4 Å². The monoisotopic (exact) mass is 549 g/mol. The van der Waals surface area contributed by atoms with Gasteiger partial charge in [-0.15, -0.1) is 11.3 Å². The number of aryl methyl sites for hydroxylation is 1. The summed E-state index contributed by atoms with van der Waals surface area (Å²) in [7, 11) is -3.80. The van der Waals surface area contributed by atoms with Gasteiger partial charge < -0.3 is 10.6 Å². The first kappa shape index (κ1) is 28.1.